The number of piperazine rings is 1. The Morgan fingerprint density at radius 1 is 1.24 bits per heavy atom. The number of rotatable bonds is 4. The monoisotopic (exact) mass is 393 g/mol. The molecule has 0 amide bonds. The predicted molar refractivity (Wildman–Crippen MR) is 108 cm³/mol. The average molecular weight is 393 g/mol. The molecule has 148 valence electrons. The molecule has 1 aromatic heterocycles. The van der Waals surface area contributed by atoms with Crippen LogP contribution in [0.15, 0.2) is 41.2 Å². The van der Waals surface area contributed by atoms with Gasteiger partial charge in [-0.15, -0.1) is 0 Å². The van der Waals surface area contributed by atoms with Crippen molar-refractivity contribution in [2.24, 2.45) is 0 Å². The largest absolute Gasteiger partial charge is 0.497 e. The molecule has 8 heteroatoms. The topological polar surface area (TPSA) is 85.2 Å². The second-order valence-corrected chi connectivity index (χ2v) is 6.91. The van der Waals surface area contributed by atoms with Gasteiger partial charge in [0.15, 0.2) is 0 Å². The minimum atomic E-state index is -0.581. The van der Waals surface area contributed by atoms with Gasteiger partial charge in [0, 0.05) is 38.3 Å². The maximum Gasteiger partial charge on any atom is 0.258 e. The highest BCUT2D eigenvalue weighted by Gasteiger charge is 2.22. The van der Waals surface area contributed by atoms with Gasteiger partial charge in [-0.3, -0.25) is 9.69 Å². The van der Waals surface area contributed by atoms with Gasteiger partial charge >= 0.3 is 0 Å². The van der Waals surface area contributed by atoms with Crippen LogP contribution in [0.2, 0.25) is 0 Å². The van der Waals surface area contributed by atoms with Crippen LogP contribution in [-0.4, -0.2) is 48.2 Å². The second-order valence-electron chi connectivity index (χ2n) is 6.91. The van der Waals surface area contributed by atoms with Crippen molar-refractivity contribution >= 4 is 16.6 Å². The normalized spacial score (nSPS) is 14.7. The summed E-state index contributed by atoms with van der Waals surface area (Å²) in [4.78, 5) is 23.8. The SMILES string of the molecule is COc1cc(F)c(C#N)c(N2CCN(Cc3nc4ccccc4c(=O)[nH]3)CC2)c1. The zero-order valence-corrected chi connectivity index (χ0v) is 16.0. The number of para-hydroxylation sites is 1. The first kappa shape index (κ1) is 18.9. The number of halogens is 1. The number of aromatic nitrogens is 2. The van der Waals surface area contributed by atoms with Crippen LogP contribution < -0.4 is 15.2 Å². The highest BCUT2D eigenvalue weighted by molar-refractivity contribution is 5.77. The van der Waals surface area contributed by atoms with Gasteiger partial charge in [0.1, 0.15) is 29.0 Å². The number of nitrogens with zero attached hydrogens (tertiary/aromatic N) is 4. The van der Waals surface area contributed by atoms with Crippen molar-refractivity contribution in [3.8, 4) is 11.8 Å². The predicted octanol–water partition coefficient (Wildman–Crippen LogP) is 2.26. The summed E-state index contributed by atoms with van der Waals surface area (Å²) in [6.07, 6.45) is 0. The third-order valence-corrected chi connectivity index (χ3v) is 5.14. The number of hydrogen-bond acceptors (Lipinski definition) is 6. The molecule has 0 radical (unpaired) electrons. The maximum atomic E-state index is 14.2. The Balaban J connectivity index is 1.49. The van der Waals surface area contributed by atoms with Gasteiger partial charge < -0.3 is 14.6 Å². The molecule has 1 aliphatic rings. The lowest BCUT2D eigenvalue weighted by atomic mass is 10.1. The molecule has 0 aliphatic carbocycles. The summed E-state index contributed by atoms with van der Waals surface area (Å²) in [6, 6.07) is 12.1. The first-order valence-corrected chi connectivity index (χ1v) is 9.32. The molecular formula is C21H20FN5O2. The van der Waals surface area contributed by atoms with Gasteiger partial charge in [-0.05, 0) is 12.1 Å². The second kappa shape index (κ2) is 7.89. The number of nitrogens with one attached hydrogen (secondary N) is 1. The fraction of sp³-hybridized carbons (Fsp3) is 0.286. The molecule has 0 atom stereocenters. The molecule has 0 bridgehead atoms. The van der Waals surface area contributed by atoms with E-state index in [0.717, 1.165) is 0 Å². The summed E-state index contributed by atoms with van der Waals surface area (Å²) in [7, 11) is 1.47. The molecule has 1 N–H and O–H groups in total. The van der Waals surface area contributed by atoms with Gasteiger partial charge in [0.25, 0.3) is 5.56 Å². The van der Waals surface area contributed by atoms with Crippen molar-refractivity contribution in [2.75, 3.05) is 38.2 Å². The van der Waals surface area contributed by atoms with E-state index in [0.29, 0.717) is 60.9 Å². The molecule has 1 aliphatic heterocycles. The van der Waals surface area contributed by atoms with Crippen molar-refractivity contribution in [3.63, 3.8) is 0 Å². The molecule has 0 spiro atoms. The lowest BCUT2D eigenvalue weighted by molar-refractivity contribution is 0.244. The average Bonchev–Trinajstić information content (AvgIpc) is 2.74. The highest BCUT2D eigenvalue weighted by Crippen LogP contribution is 2.29. The number of fused-ring (bicyclic) bond motifs is 1. The van der Waals surface area contributed by atoms with Crippen molar-refractivity contribution in [3.05, 3.63) is 64.0 Å². The Morgan fingerprint density at radius 2 is 2.00 bits per heavy atom. The van der Waals surface area contributed by atoms with Crippen LogP contribution in [0.1, 0.15) is 11.4 Å². The van der Waals surface area contributed by atoms with Crippen molar-refractivity contribution in [1.29, 1.82) is 5.26 Å². The zero-order chi connectivity index (χ0) is 20.4. The number of H-pyrrole nitrogens is 1. The molecule has 7 nitrogen and oxygen atoms in total. The third-order valence-electron chi connectivity index (χ3n) is 5.14. The van der Waals surface area contributed by atoms with E-state index in [2.05, 4.69) is 14.9 Å². The lowest BCUT2D eigenvalue weighted by Crippen LogP contribution is -2.46. The fourth-order valence-electron chi connectivity index (χ4n) is 3.61. The maximum absolute atomic E-state index is 14.2. The molecule has 4 rings (SSSR count). The lowest BCUT2D eigenvalue weighted by Gasteiger charge is -2.36. The van der Waals surface area contributed by atoms with Crippen molar-refractivity contribution in [1.82, 2.24) is 14.9 Å². The van der Waals surface area contributed by atoms with Gasteiger partial charge in [-0.2, -0.15) is 5.26 Å². The first-order valence-electron chi connectivity index (χ1n) is 9.32. The van der Waals surface area contributed by atoms with E-state index in [1.807, 2.05) is 29.2 Å². The van der Waals surface area contributed by atoms with Crippen LogP contribution in [0, 0.1) is 17.1 Å². The first-order chi connectivity index (χ1) is 14.1. The number of ether oxygens (including phenoxy) is 1. The Bertz CT molecular complexity index is 1150. The number of hydrogen-bond donors (Lipinski definition) is 1. The van der Waals surface area contributed by atoms with Gasteiger partial charge in [0.05, 0.1) is 30.2 Å². The Morgan fingerprint density at radius 3 is 2.72 bits per heavy atom. The van der Waals surface area contributed by atoms with E-state index in [1.54, 1.807) is 12.1 Å². The van der Waals surface area contributed by atoms with E-state index in [1.165, 1.54) is 13.2 Å². The van der Waals surface area contributed by atoms with E-state index < -0.39 is 5.82 Å². The Labute approximate surface area is 167 Å². The minimum Gasteiger partial charge on any atom is -0.497 e. The third kappa shape index (κ3) is 3.77. The summed E-state index contributed by atoms with van der Waals surface area (Å²) >= 11 is 0. The summed E-state index contributed by atoms with van der Waals surface area (Å²) in [6.45, 7) is 3.16. The number of aromatic amines is 1. The van der Waals surface area contributed by atoms with E-state index in [-0.39, 0.29) is 11.1 Å². The zero-order valence-electron chi connectivity index (χ0n) is 16.0. The Hall–Kier alpha value is -3.44. The number of anilines is 1. The molecule has 0 saturated carbocycles. The van der Waals surface area contributed by atoms with E-state index in [4.69, 9.17) is 4.74 Å². The number of methoxy groups -OCH3 is 1. The molecule has 3 aromatic rings. The van der Waals surface area contributed by atoms with Crippen LogP contribution in [0.3, 0.4) is 0 Å². The molecule has 1 fully saturated rings. The van der Waals surface area contributed by atoms with Crippen LogP contribution >= 0.6 is 0 Å². The van der Waals surface area contributed by atoms with Gasteiger partial charge in [-0.25, -0.2) is 9.37 Å². The molecule has 29 heavy (non-hydrogen) atoms. The molecule has 0 unspecified atom stereocenters. The molecule has 1 saturated heterocycles. The van der Waals surface area contributed by atoms with Gasteiger partial charge in [-0.1, -0.05) is 12.1 Å². The van der Waals surface area contributed by atoms with E-state index in [9.17, 15) is 14.4 Å². The summed E-state index contributed by atoms with van der Waals surface area (Å²) in [5.41, 5.74) is 1.10. The van der Waals surface area contributed by atoms with E-state index >= 15 is 0 Å². The van der Waals surface area contributed by atoms with Gasteiger partial charge in [0.2, 0.25) is 0 Å². The molecule has 2 aromatic carbocycles. The van der Waals surface area contributed by atoms with Crippen LogP contribution in [0.25, 0.3) is 10.9 Å². The van der Waals surface area contributed by atoms with Crippen molar-refractivity contribution < 1.29 is 9.13 Å². The van der Waals surface area contributed by atoms with Crippen LogP contribution in [0.5, 0.6) is 5.75 Å². The number of nitriles is 1. The minimum absolute atomic E-state index is 0.0276. The van der Waals surface area contributed by atoms with Crippen molar-refractivity contribution in [2.45, 2.75) is 6.54 Å². The molecular weight excluding hydrogens is 373 g/mol. The standard InChI is InChI=1S/C21H20FN5O2/c1-29-14-10-17(22)16(12-23)19(11-14)27-8-6-26(7-9-27)13-20-24-18-5-3-2-4-15(18)21(28)25-20/h2-5,10-11H,6-9,13H2,1H3,(H,24,25,28). The highest BCUT2D eigenvalue weighted by atomic mass is 19.1. The summed E-state index contributed by atoms with van der Waals surface area (Å²) in [5, 5.41) is 9.92. The van der Waals surface area contributed by atoms with Crippen LogP contribution in [-0.2, 0) is 6.54 Å². The number of benzene rings is 2. The van der Waals surface area contributed by atoms with Crippen LogP contribution in [0.4, 0.5) is 10.1 Å². The fourth-order valence-corrected chi connectivity index (χ4v) is 3.61. The Kier molecular flexibility index (Phi) is 5.14. The quantitative estimate of drug-likeness (QED) is 0.732. The summed E-state index contributed by atoms with van der Waals surface area (Å²) in [5.74, 6) is 0.423. The smallest absolute Gasteiger partial charge is 0.258 e. The summed E-state index contributed by atoms with van der Waals surface area (Å²) < 4.78 is 19.3. The molecule has 2 heterocycles.